The van der Waals surface area contributed by atoms with Gasteiger partial charge >= 0.3 is 0 Å². The third-order valence-corrected chi connectivity index (χ3v) is 4.29. The molecule has 1 fully saturated rings. The zero-order valence-corrected chi connectivity index (χ0v) is 13.2. The Kier molecular flexibility index (Phi) is 6.68. The lowest BCUT2D eigenvalue weighted by Crippen LogP contribution is -2.29. The molecule has 20 heavy (non-hydrogen) atoms. The van der Waals surface area contributed by atoms with Crippen molar-refractivity contribution in [2.75, 3.05) is 6.61 Å². The minimum absolute atomic E-state index is 0.652. The van der Waals surface area contributed by atoms with Crippen molar-refractivity contribution in [1.82, 2.24) is 5.32 Å². The lowest BCUT2D eigenvalue weighted by Gasteiger charge is -2.21. The minimum Gasteiger partial charge on any atom is -0.492 e. The summed E-state index contributed by atoms with van der Waals surface area (Å²) in [5.74, 6) is 0.781. The average Bonchev–Trinajstić information content (AvgIpc) is 2.40. The van der Waals surface area contributed by atoms with Crippen LogP contribution in [0.25, 0.3) is 0 Å². The van der Waals surface area contributed by atoms with Gasteiger partial charge in [0.15, 0.2) is 0 Å². The molecule has 0 amide bonds. The van der Waals surface area contributed by atoms with Crippen molar-refractivity contribution < 1.29 is 4.74 Å². The van der Waals surface area contributed by atoms with Crippen LogP contribution < -0.4 is 10.1 Å². The topological polar surface area (TPSA) is 21.3 Å². The zero-order valence-electron chi connectivity index (χ0n) is 12.5. The van der Waals surface area contributed by atoms with Gasteiger partial charge in [-0.05, 0) is 37.5 Å². The van der Waals surface area contributed by atoms with E-state index in [0.29, 0.717) is 17.7 Å². The smallest absolute Gasteiger partial charge is 0.137 e. The van der Waals surface area contributed by atoms with Crippen LogP contribution in [-0.4, -0.2) is 12.6 Å². The average molecular weight is 296 g/mol. The predicted octanol–water partition coefficient (Wildman–Crippen LogP) is 4.94. The van der Waals surface area contributed by atoms with Crippen molar-refractivity contribution in [2.45, 2.75) is 64.5 Å². The molecule has 1 aromatic rings. The van der Waals surface area contributed by atoms with Gasteiger partial charge in [0.2, 0.25) is 0 Å². The Hall–Kier alpha value is -0.730. The molecule has 1 aliphatic carbocycles. The van der Waals surface area contributed by atoms with E-state index in [-0.39, 0.29) is 0 Å². The van der Waals surface area contributed by atoms with E-state index in [1.807, 2.05) is 19.1 Å². The molecular formula is C17H26ClNO. The van der Waals surface area contributed by atoms with Crippen LogP contribution in [0.15, 0.2) is 18.2 Å². The van der Waals surface area contributed by atoms with E-state index in [2.05, 4.69) is 11.4 Å². The van der Waals surface area contributed by atoms with Crippen LogP contribution in [0.4, 0.5) is 0 Å². The molecule has 0 aliphatic heterocycles. The molecule has 1 N–H and O–H groups in total. The van der Waals surface area contributed by atoms with Crippen molar-refractivity contribution in [3.05, 3.63) is 28.8 Å². The number of hydrogen-bond donors (Lipinski definition) is 1. The number of benzene rings is 1. The first-order valence-corrected chi connectivity index (χ1v) is 8.32. The summed E-state index contributed by atoms with van der Waals surface area (Å²) < 4.78 is 5.46. The molecule has 1 aliphatic rings. The van der Waals surface area contributed by atoms with E-state index < -0.39 is 0 Å². The maximum Gasteiger partial charge on any atom is 0.137 e. The maximum atomic E-state index is 6.22. The van der Waals surface area contributed by atoms with E-state index in [9.17, 15) is 0 Å². The lowest BCUT2D eigenvalue weighted by molar-refractivity contribution is 0.340. The highest BCUT2D eigenvalue weighted by molar-refractivity contribution is 6.32. The fraction of sp³-hybridized carbons (Fsp3) is 0.647. The summed E-state index contributed by atoms with van der Waals surface area (Å²) in [4.78, 5) is 0. The van der Waals surface area contributed by atoms with Crippen molar-refractivity contribution >= 4 is 11.6 Å². The second-order valence-corrected chi connectivity index (χ2v) is 6.03. The standard InChI is InChI=1S/C17H26ClNO/c1-2-20-17-11-10-14(12-16(17)18)13-19-15-8-6-4-3-5-7-9-15/h10-12,15,19H,2-9,13H2,1H3. The number of hydrogen-bond acceptors (Lipinski definition) is 2. The van der Waals surface area contributed by atoms with E-state index in [1.54, 1.807) is 0 Å². The highest BCUT2D eigenvalue weighted by Gasteiger charge is 2.11. The number of nitrogens with one attached hydrogen (secondary N) is 1. The molecule has 1 saturated carbocycles. The molecule has 1 aromatic carbocycles. The SMILES string of the molecule is CCOc1ccc(CNC2CCCCCCC2)cc1Cl. The molecule has 0 radical (unpaired) electrons. The third kappa shape index (κ3) is 4.99. The van der Waals surface area contributed by atoms with Crippen molar-refractivity contribution in [3.8, 4) is 5.75 Å². The van der Waals surface area contributed by atoms with Gasteiger partial charge in [0.05, 0.1) is 11.6 Å². The first-order chi connectivity index (χ1) is 9.79. The third-order valence-electron chi connectivity index (χ3n) is 4.00. The summed E-state index contributed by atoms with van der Waals surface area (Å²) in [7, 11) is 0. The molecule has 0 aromatic heterocycles. The van der Waals surface area contributed by atoms with E-state index in [1.165, 1.54) is 50.5 Å². The van der Waals surface area contributed by atoms with Crippen molar-refractivity contribution in [2.24, 2.45) is 0 Å². The molecule has 0 heterocycles. The molecule has 0 saturated heterocycles. The van der Waals surface area contributed by atoms with Gasteiger partial charge in [-0.2, -0.15) is 0 Å². The fourth-order valence-corrected chi connectivity index (χ4v) is 3.11. The van der Waals surface area contributed by atoms with Crippen LogP contribution >= 0.6 is 11.6 Å². The molecule has 3 heteroatoms. The number of rotatable bonds is 5. The quantitative estimate of drug-likeness (QED) is 0.830. The monoisotopic (exact) mass is 295 g/mol. The summed E-state index contributed by atoms with van der Waals surface area (Å²) in [5, 5.41) is 4.40. The molecule has 0 spiro atoms. The summed E-state index contributed by atoms with van der Waals surface area (Å²) >= 11 is 6.22. The van der Waals surface area contributed by atoms with Gasteiger partial charge in [0, 0.05) is 12.6 Å². The first-order valence-electron chi connectivity index (χ1n) is 7.94. The summed E-state index contributed by atoms with van der Waals surface area (Å²) in [6.45, 7) is 3.52. The van der Waals surface area contributed by atoms with Gasteiger partial charge in [-0.25, -0.2) is 0 Å². The molecule has 0 atom stereocenters. The fourth-order valence-electron chi connectivity index (χ4n) is 2.85. The first kappa shape index (κ1) is 15.7. The maximum absolute atomic E-state index is 6.22. The second-order valence-electron chi connectivity index (χ2n) is 5.62. The molecular weight excluding hydrogens is 270 g/mol. The van der Waals surface area contributed by atoms with Gasteiger partial charge < -0.3 is 10.1 Å². The van der Waals surface area contributed by atoms with Crippen LogP contribution in [-0.2, 0) is 6.54 Å². The zero-order chi connectivity index (χ0) is 14.2. The van der Waals surface area contributed by atoms with E-state index >= 15 is 0 Å². The van der Waals surface area contributed by atoms with Crippen LogP contribution in [0.2, 0.25) is 5.02 Å². The molecule has 2 nitrogen and oxygen atoms in total. The van der Waals surface area contributed by atoms with Crippen LogP contribution in [0, 0.1) is 0 Å². The Balaban J connectivity index is 1.84. The molecule has 0 unspecified atom stereocenters. The van der Waals surface area contributed by atoms with Gasteiger partial charge in [0.25, 0.3) is 0 Å². The van der Waals surface area contributed by atoms with Crippen LogP contribution in [0.3, 0.4) is 0 Å². The lowest BCUT2D eigenvalue weighted by atomic mass is 9.96. The van der Waals surface area contributed by atoms with Crippen molar-refractivity contribution in [3.63, 3.8) is 0 Å². The predicted molar refractivity (Wildman–Crippen MR) is 85.6 cm³/mol. The van der Waals surface area contributed by atoms with Crippen LogP contribution in [0.5, 0.6) is 5.75 Å². The second kappa shape index (κ2) is 8.53. The summed E-state index contributed by atoms with van der Waals surface area (Å²) in [6, 6.07) is 6.76. The Bertz CT molecular complexity index is 400. The minimum atomic E-state index is 0.652. The van der Waals surface area contributed by atoms with Gasteiger partial charge in [-0.15, -0.1) is 0 Å². The summed E-state index contributed by atoms with van der Waals surface area (Å²) in [6.07, 6.45) is 9.56. The highest BCUT2D eigenvalue weighted by Crippen LogP contribution is 2.25. The molecule has 112 valence electrons. The van der Waals surface area contributed by atoms with Gasteiger partial charge in [0.1, 0.15) is 5.75 Å². The Morgan fingerprint density at radius 2 is 1.85 bits per heavy atom. The van der Waals surface area contributed by atoms with E-state index in [0.717, 1.165) is 12.3 Å². The Labute approximate surface area is 127 Å². The Morgan fingerprint density at radius 1 is 1.15 bits per heavy atom. The number of ether oxygens (including phenoxy) is 1. The molecule has 0 bridgehead atoms. The van der Waals surface area contributed by atoms with Gasteiger partial charge in [-0.1, -0.05) is 49.8 Å². The van der Waals surface area contributed by atoms with Crippen molar-refractivity contribution in [1.29, 1.82) is 0 Å². The van der Waals surface area contributed by atoms with Gasteiger partial charge in [-0.3, -0.25) is 0 Å². The molecule has 2 rings (SSSR count). The normalized spacial score (nSPS) is 17.5. The van der Waals surface area contributed by atoms with Crippen LogP contribution in [0.1, 0.15) is 57.4 Å². The number of halogens is 1. The highest BCUT2D eigenvalue weighted by atomic mass is 35.5. The summed E-state index contributed by atoms with van der Waals surface area (Å²) in [5.41, 5.74) is 1.24. The largest absolute Gasteiger partial charge is 0.492 e. The Morgan fingerprint density at radius 3 is 2.50 bits per heavy atom. The van der Waals surface area contributed by atoms with E-state index in [4.69, 9.17) is 16.3 Å².